The zero-order valence-electron chi connectivity index (χ0n) is 16.3. The molecule has 2 amide bonds. The van der Waals surface area contributed by atoms with Crippen molar-refractivity contribution in [1.82, 2.24) is 9.88 Å². The fraction of sp³-hybridized carbons (Fsp3) is 0.409. The molecule has 1 fully saturated rings. The second-order valence-corrected chi connectivity index (χ2v) is 7.26. The van der Waals surface area contributed by atoms with Crippen LogP contribution in [0.4, 0.5) is 5.69 Å². The molecule has 1 aromatic carbocycles. The summed E-state index contributed by atoms with van der Waals surface area (Å²) in [6, 6.07) is 10.8. The van der Waals surface area contributed by atoms with Crippen LogP contribution in [0.1, 0.15) is 61.0 Å². The number of nitrogens with zero attached hydrogens (tertiary/aromatic N) is 2. The van der Waals surface area contributed by atoms with Crippen molar-refractivity contribution in [3.05, 3.63) is 59.9 Å². The largest absolute Gasteiger partial charge is 0.338 e. The number of nitrogens with two attached hydrogens (primary N) is 1. The molecule has 2 aromatic rings. The van der Waals surface area contributed by atoms with Gasteiger partial charge in [-0.1, -0.05) is 31.9 Å². The Morgan fingerprint density at radius 2 is 1.79 bits per heavy atom. The molecule has 0 radical (unpaired) electrons. The minimum absolute atomic E-state index is 0.163. The highest BCUT2D eigenvalue weighted by molar-refractivity contribution is 6.04. The van der Waals surface area contributed by atoms with E-state index in [1.165, 1.54) is 12.8 Å². The van der Waals surface area contributed by atoms with Gasteiger partial charge in [0, 0.05) is 48.7 Å². The number of benzene rings is 1. The van der Waals surface area contributed by atoms with E-state index in [2.05, 4.69) is 10.3 Å². The van der Waals surface area contributed by atoms with Crippen LogP contribution in [0, 0.1) is 0 Å². The average molecular weight is 380 g/mol. The van der Waals surface area contributed by atoms with Crippen LogP contribution in [0.5, 0.6) is 0 Å². The minimum atomic E-state index is -0.270. The first-order chi connectivity index (χ1) is 13.6. The third-order valence-corrected chi connectivity index (χ3v) is 5.32. The Bertz CT molecular complexity index is 786. The third kappa shape index (κ3) is 4.95. The molecule has 0 saturated heterocycles. The smallest absolute Gasteiger partial charge is 0.255 e. The Morgan fingerprint density at radius 1 is 1.14 bits per heavy atom. The molecular formula is C22H28N4O2. The number of anilines is 1. The van der Waals surface area contributed by atoms with E-state index < -0.39 is 0 Å². The number of aromatic nitrogens is 1. The number of hydrogen-bond acceptors (Lipinski definition) is 4. The highest BCUT2D eigenvalue weighted by Gasteiger charge is 2.27. The van der Waals surface area contributed by atoms with Crippen LogP contribution in [0.15, 0.2) is 48.8 Å². The van der Waals surface area contributed by atoms with Gasteiger partial charge in [-0.25, -0.2) is 0 Å². The molecule has 1 saturated carbocycles. The monoisotopic (exact) mass is 380 g/mol. The molecule has 148 valence electrons. The van der Waals surface area contributed by atoms with E-state index in [1.54, 1.807) is 36.7 Å². The first kappa shape index (κ1) is 20.0. The molecule has 6 heteroatoms. The first-order valence-corrected chi connectivity index (χ1v) is 9.95. The van der Waals surface area contributed by atoms with E-state index in [0.29, 0.717) is 30.3 Å². The zero-order chi connectivity index (χ0) is 19.9. The summed E-state index contributed by atoms with van der Waals surface area (Å²) in [6.45, 7) is 2.41. The first-order valence-electron chi connectivity index (χ1n) is 9.95. The lowest BCUT2D eigenvalue weighted by atomic mass is 10.0. The van der Waals surface area contributed by atoms with Crippen LogP contribution in [0.2, 0.25) is 0 Å². The normalized spacial score (nSPS) is 15.2. The second-order valence-electron chi connectivity index (χ2n) is 7.26. The summed E-state index contributed by atoms with van der Waals surface area (Å²) in [7, 11) is 0. The highest BCUT2D eigenvalue weighted by Crippen LogP contribution is 2.26. The standard InChI is InChI=1S/C22H28N4O2/c1-2-21(27)26(19-5-3-4-6-19)15-20(23)16-7-9-17(10-8-16)22(28)25-18-11-13-24-14-12-18/h7-14,19-20H,2-6,15,23H2,1H3,(H,24,25,28). The maximum atomic E-state index is 12.4. The lowest BCUT2D eigenvalue weighted by Crippen LogP contribution is -2.42. The van der Waals surface area contributed by atoms with E-state index >= 15 is 0 Å². The number of rotatable bonds is 7. The number of pyridine rings is 1. The van der Waals surface area contributed by atoms with Gasteiger partial charge in [0.25, 0.3) is 5.91 Å². The Hall–Kier alpha value is -2.73. The van der Waals surface area contributed by atoms with Gasteiger partial charge < -0.3 is 16.0 Å². The van der Waals surface area contributed by atoms with Crippen molar-refractivity contribution in [3.8, 4) is 0 Å². The summed E-state index contributed by atoms with van der Waals surface area (Å²) in [5.74, 6) is -0.0178. The molecule has 1 atom stereocenters. The third-order valence-electron chi connectivity index (χ3n) is 5.32. The van der Waals surface area contributed by atoms with Crippen molar-refractivity contribution in [2.75, 3.05) is 11.9 Å². The van der Waals surface area contributed by atoms with Crippen LogP contribution < -0.4 is 11.1 Å². The molecule has 3 rings (SSSR count). The van der Waals surface area contributed by atoms with Crippen molar-refractivity contribution in [2.45, 2.75) is 51.1 Å². The average Bonchev–Trinajstić information content (AvgIpc) is 3.26. The van der Waals surface area contributed by atoms with Crippen LogP contribution >= 0.6 is 0 Å². The van der Waals surface area contributed by atoms with Gasteiger partial charge in [-0.2, -0.15) is 0 Å². The lowest BCUT2D eigenvalue weighted by molar-refractivity contribution is -0.133. The molecule has 0 spiro atoms. The van der Waals surface area contributed by atoms with Crippen LogP contribution in [0.3, 0.4) is 0 Å². The summed E-state index contributed by atoms with van der Waals surface area (Å²) in [4.78, 5) is 30.6. The molecule has 0 bridgehead atoms. The summed E-state index contributed by atoms with van der Waals surface area (Å²) in [5, 5.41) is 2.84. The Labute approximate surface area is 166 Å². The van der Waals surface area contributed by atoms with E-state index in [1.807, 2.05) is 24.0 Å². The minimum Gasteiger partial charge on any atom is -0.338 e. The highest BCUT2D eigenvalue weighted by atomic mass is 16.2. The quantitative estimate of drug-likeness (QED) is 0.769. The van der Waals surface area contributed by atoms with Gasteiger partial charge in [0.05, 0.1) is 0 Å². The Balaban J connectivity index is 1.64. The molecule has 3 N–H and O–H groups in total. The van der Waals surface area contributed by atoms with Crippen molar-refractivity contribution in [2.24, 2.45) is 5.73 Å². The van der Waals surface area contributed by atoms with Crippen molar-refractivity contribution in [3.63, 3.8) is 0 Å². The fourth-order valence-corrected chi connectivity index (χ4v) is 3.71. The van der Waals surface area contributed by atoms with Gasteiger partial charge in [-0.05, 0) is 42.7 Å². The molecular weight excluding hydrogens is 352 g/mol. The van der Waals surface area contributed by atoms with Gasteiger partial charge in [0.15, 0.2) is 0 Å². The van der Waals surface area contributed by atoms with E-state index in [-0.39, 0.29) is 17.9 Å². The molecule has 1 unspecified atom stereocenters. The molecule has 1 aliphatic rings. The number of nitrogens with one attached hydrogen (secondary N) is 1. The van der Waals surface area contributed by atoms with Crippen LogP contribution in [-0.2, 0) is 4.79 Å². The SMILES string of the molecule is CCC(=O)N(CC(N)c1ccc(C(=O)Nc2ccncc2)cc1)C1CCCC1. The summed E-state index contributed by atoms with van der Waals surface area (Å²) in [6.07, 6.45) is 8.23. The van der Waals surface area contributed by atoms with Gasteiger partial charge in [0.1, 0.15) is 0 Å². The molecule has 6 nitrogen and oxygen atoms in total. The maximum Gasteiger partial charge on any atom is 0.255 e. The van der Waals surface area contributed by atoms with E-state index in [4.69, 9.17) is 5.73 Å². The number of carbonyl (C=O) groups is 2. The maximum absolute atomic E-state index is 12.4. The molecule has 28 heavy (non-hydrogen) atoms. The number of hydrogen-bond donors (Lipinski definition) is 2. The van der Waals surface area contributed by atoms with Crippen LogP contribution in [-0.4, -0.2) is 34.3 Å². The molecule has 1 heterocycles. The Kier molecular flexibility index (Phi) is 6.76. The van der Waals surface area contributed by atoms with E-state index in [9.17, 15) is 9.59 Å². The predicted octanol–water partition coefficient (Wildman–Crippen LogP) is 3.51. The Morgan fingerprint density at radius 3 is 2.39 bits per heavy atom. The van der Waals surface area contributed by atoms with Crippen LogP contribution in [0.25, 0.3) is 0 Å². The van der Waals surface area contributed by atoms with Crippen molar-refractivity contribution in [1.29, 1.82) is 0 Å². The van der Waals surface area contributed by atoms with Gasteiger partial charge >= 0.3 is 0 Å². The zero-order valence-corrected chi connectivity index (χ0v) is 16.3. The summed E-state index contributed by atoms with van der Waals surface area (Å²) < 4.78 is 0. The predicted molar refractivity (Wildman–Crippen MR) is 110 cm³/mol. The van der Waals surface area contributed by atoms with Gasteiger partial charge in [-0.15, -0.1) is 0 Å². The number of carbonyl (C=O) groups excluding carboxylic acids is 2. The van der Waals surface area contributed by atoms with Gasteiger partial charge in [-0.3, -0.25) is 14.6 Å². The fourth-order valence-electron chi connectivity index (χ4n) is 3.71. The second kappa shape index (κ2) is 9.46. The van der Waals surface area contributed by atoms with Crippen molar-refractivity contribution < 1.29 is 9.59 Å². The molecule has 1 aromatic heterocycles. The van der Waals surface area contributed by atoms with Gasteiger partial charge in [0.2, 0.25) is 5.91 Å². The topological polar surface area (TPSA) is 88.3 Å². The molecule has 1 aliphatic carbocycles. The lowest BCUT2D eigenvalue weighted by Gasteiger charge is -2.31. The summed E-state index contributed by atoms with van der Waals surface area (Å²) in [5.41, 5.74) is 8.59. The van der Waals surface area contributed by atoms with E-state index in [0.717, 1.165) is 18.4 Å². The number of amides is 2. The summed E-state index contributed by atoms with van der Waals surface area (Å²) >= 11 is 0. The molecule has 0 aliphatic heterocycles. The van der Waals surface area contributed by atoms with Crippen molar-refractivity contribution >= 4 is 17.5 Å².